The quantitative estimate of drug-likeness (QED) is 0.541. The highest BCUT2D eigenvalue weighted by Gasteiger charge is 2.18. The lowest BCUT2D eigenvalue weighted by Gasteiger charge is -2.14. The molecule has 0 aromatic carbocycles. The summed E-state index contributed by atoms with van der Waals surface area (Å²) >= 11 is 0. The lowest BCUT2D eigenvalue weighted by Crippen LogP contribution is -2.39. The van der Waals surface area contributed by atoms with Crippen LogP contribution in [-0.4, -0.2) is 47.0 Å². The Balaban J connectivity index is 3.70. The van der Waals surface area contributed by atoms with Gasteiger partial charge in [-0.1, -0.05) is 6.92 Å². The van der Waals surface area contributed by atoms with Crippen molar-refractivity contribution in [1.82, 2.24) is 10.0 Å². The summed E-state index contributed by atoms with van der Waals surface area (Å²) < 4.78 is 31.1. The van der Waals surface area contributed by atoms with Crippen molar-refractivity contribution in [2.45, 2.75) is 38.4 Å². The van der Waals surface area contributed by atoms with E-state index >= 15 is 0 Å². The largest absolute Gasteiger partial charge is 0.385 e. The van der Waals surface area contributed by atoms with Gasteiger partial charge in [-0.25, -0.2) is 13.1 Å². The van der Waals surface area contributed by atoms with Crippen molar-refractivity contribution in [3.63, 3.8) is 0 Å². The second-order valence-electron chi connectivity index (χ2n) is 4.11. The Labute approximate surface area is 105 Å². The Hall–Kier alpha value is -0.170. The monoisotopic (exact) mass is 266 g/mol. The van der Waals surface area contributed by atoms with E-state index < -0.39 is 10.0 Å². The third-order valence-corrected chi connectivity index (χ3v) is 4.37. The molecular formula is C11H26N2O3S. The number of nitrogens with one attached hydrogen (secondary N) is 2. The van der Waals surface area contributed by atoms with Gasteiger partial charge in [-0.3, -0.25) is 0 Å². The minimum Gasteiger partial charge on any atom is -0.385 e. The van der Waals surface area contributed by atoms with E-state index in [4.69, 9.17) is 4.74 Å². The molecule has 0 aliphatic heterocycles. The molecule has 0 aliphatic rings. The van der Waals surface area contributed by atoms with Crippen LogP contribution in [0.3, 0.4) is 0 Å². The molecule has 0 spiro atoms. The first-order chi connectivity index (χ1) is 8.04. The van der Waals surface area contributed by atoms with Gasteiger partial charge in [0.05, 0.1) is 5.25 Å². The maximum absolute atomic E-state index is 11.7. The van der Waals surface area contributed by atoms with Crippen LogP contribution in [-0.2, 0) is 14.8 Å². The minimum absolute atomic E-state index is 0.388. The number of rotatable bonds is 11. The number of hydrogen-bond acceptors (Lipinski definition) is 4. The topological polar surface area (TPSA) is 67.4 Å². The van der Waals surface area contributed by atoms with Crippen LogP contribution in [0.25, 0.3) is 0 Å². The fourth-order valence-corrected chi connectivity index (χ4v) is 2.41. The van der Waals surface area contributed by atoms with Crippen molar-refractivity contribution >= 4 is 10.0 Å². The molecule has 0 rings (SSSR count). The van der Waals surface area contributed by atoms with Gasteiger partial charge >= 0.3 is 0 Å². The highest BCUT2D eigenvalue weighted by atomic mass is 32.2. The molecule has 0 aromatic rings. The Kier molecular flexibility index (Phi) is 9.72. The van der Waals surface area contributed by atoms with E-state index in [0.717, 1.165) is 32.4 Å². The molecule has 104 valence electrons. The fraction of sp³-hybridized carbons (Fsp3) is 1.00. The van der Waals surface area contributed by atoms with E-state index in [9.17, 15) is 8.42 Å². The molecule has 0 bridgehead atoms. The van der Waals surface area contributed by atoms with Gasteiger partial charge in [-0.05, 0) is 32.7 Å². The summed E-state index contributed by atoms with van der Waals surface area (Å²) in [7, 11) is -1.50. The first kappa shape index (κ1) is 16.8. The molecule has 0 aromatic heterocycles. The molecule has 6 heteroatoms. The van der Waals surface area contributed by atoms with Crippen molar-refractivity contribution in [2.24, 2.45) is 0 Å². The molecule has 0 heterocycles. The van der Waals surface area contributed by atoms with Crippen LogP contribution in [0, 0.1) is 0 Å². The first-order valence-corrected chi connectivity index (χ1v) is 7.77. The molecule has 1 unspecified atom stereocenters. The van der Waals surface area contributed by atoms with Gasteiger partial charge in [0.15, 0.2) is 0 Å². The average molecular weight is 266 g/mol. The highest BCUT2D eigenvalue weighted by molar-refractivity contribution is 7.90. The van der Waals surface area contributed by atoms with E-state index in [0.29, 0.717) is 13.1 Å². The van der Waals surface area contributed by atoms with E-state index in [1.807, 2.05) is 6.92 Å². The van der Waals surface area contributed by atoms with E-state index in [1.54, 1.807) is 14.0 Å². The molecule has 5 nitrogen and oxygen atoms in total. The van der Waals surface area contributed by atoms with Crippen molar-refractivity contribution in [3.8, 4) is 0 Å². The van der Waals surface area contributed by atoms with Crippen LogP contribution in [0.5, 0.6) is 0 Å². The van der Waals surface area contributed by atoms with Crippen molar-refractivity contribution in [2.75, 3.05) is 33.4 Å². The average Bonchev–Trinajstić information content (AvgIpc) is 2.30. The lowest BCUT2D eigenvalue weighted by molar-refractivity contribution is 0.192. The van der Waals surface area contributed by atoms with E-state index in [-0.39, 0.29) is 5.25 Å². The van der Waals surface area contributed by atoms with Gasteiger partial charge in [0, 0.05) is 26.8 Å². The third-order valence-electron chi connectivity index (χ3n) is 2.54. The Bertz CT molecular complexity index is 268. The summed E-state index contributed by atoms with van der Waals surface area (Å²) in [5.74, 6) is 0. The van der Waals surface area contributed by atoms with Gasteiger partial charge in [-0.15, -0.1) is 0 Å². The predicted octanol–water partition coefficient (Wildman–Crippen LogP) is 0.721. The number of ether oxygens (including phenoxy) is 1. The van der Waals surface area contributed by atoms with Crippen LogP contribution in [0.1, 0.15) is 33.1 Å². The molecule has 17 heavy (non-hydrogen) atoms. The van der Waals surface area contributed by atoms with Gasteiger partial charge < -0.3 is 10.1 Å². The van der Waals surface area contributed by atoms with Gasteiger partial charge in [0.1, 0.15) is 0 Å². The summed E-state index contributed by atoms with van der Waals surface area (Å²) in [5.41, 5.74) is 0. The van der Waals surface area contributed by atoms with Crippen LogP contribution in [0.2, 0.25) is 0 Å². The second kappa shape index (κ2) is 9.82. The standard InChI is InChI=1S/C11H26N2O3S/c1-4-12-10-11(2)17(14,15)13-8-6-5-7-9-16-3/h11-13H,4-10H2,1-3H3. The van der Waals surface area contributed by atoms with Crippen LogP contribution < -0.4 is 10.0 Å². The molecule has 2 N–H and O–H groups in total. The van der Waals surface area contributed by atoms with Crippen LogP contribution >= 0.6 is 0 Å². The number of methoxy groups -OCH3 is 1. The molecule has 0 saturated carbocycles. The van der Waals surface area contributed by atoms with E-state index in [2.05, 4.69) is 10.0 Å². The molecule has 0 aliphatic carbocycles. The normalized spacial score (nSPS) is 13.8. The summed E-state index contributed by atoms with van der Waals surface area (Å²) in [6, 6.07) is 0. The Morgan fingerprint density at radius 3 is 2.53 bits per heavy atom. The molecule has 1 atom stereocenters. The highest BCUT2D eigenvalue weighted by Crippen LogP contribution is 1.99. The van der Waals surface area contributed by atoms with Gasteiger partial charge in [0.25, 0.3) is 0 Å². The maximum Gasteiger partial charge on any atom is 0.215 e. The van der Waals surface area contributed by atoms with Crippen molar-refractivity contribution in [3.05, 3.63) is 0 Å². The number of unbranched alkanes of at least 4 members (excludes halogenated alkanes) is 2. The number of hydrogen-bond donors (Lipinski definition) is 2. The Morgan fingerprint density at radius 2 is 1.94 bits per heavy atom. The van der Waals surface area contributed by atoms with Crippen molar-refractivity contribution in [1.29, 1.82) is 0 Å². The summed E-state index contributed by atoms with van der Waals surface area (Å²) in [4.78, 5) is 0. The SMILES string of the molecule is CCNCC(C)S(=O)(=O)NCCCCCOC. The predicted molar refractivity (Wildman–Crippen MR) is 70.7 cm³/mol. The van der Waals surface area contributed by atoms with Gasteiger partial charge in [-0.2, -0.15) is 0 Å². The Morgan fingerprint density at radius 1 is 1.24 bits per heavy atom. The molecule has 0 amide bonds. The zero-order valence-electron chi connectivity index (χ0n) is 11.2. The molecule has 0 radical (unpaired) electrons. The minimum atomic E-state index is -3.17. The fourth-order valence-electron chi connectivity index (χ4n) is 1.36. The smallest absolute Gasteiger partial charge is 0.215 e. The third kappa shape index (κ3) is 8.54. The first-order valence-electron chi connectivity index (χ1n) is 6.22. The number of sulfonamides is 1. The summed E-state index contributed by atoms with van der Waals surface area (Å²) in [6.07, 6.45) is 2.82. The van der Waals surface area contributed by atoms with Gasteiger partial charge in [0.2, 0.25) is 10.0 Å². The van der Waals surface area contributed by atoms with Crippen LogP contribution in [0.4, 0.5) is 0 Å². The van der Waals surface area contributed by atoms with E-state index in [1.165, 1.54) is 0 Å². The molecular weight excluding hydrogens is 240 g/mol. The summed E-state index contributed by atoms with van der Waals surface area (Å²) in [6.45, 7) is 6.22. The lowest BCUT2D eigenvalue weighted by atomic mass is 10.2. The summed E-state index contributed by atoms with van der Waals surface area (Å²) in [5, 5.41) is 2.65. The zero-order valence-corrected chi connectivity index (χ0v) is 12.0. The van der Waals surface area contributed by atoms with Crippen LogP contribution in [0.15, 0.2) is 0 Å². The maximum atomic E-state index is 11.7. The molecule has 0 fully saturated rings. The van der Waals surface area contributed by atoms with Crippen molar-refractivity contribution < 1.29 is 13.2 Å². The second-order valence-corrected chi connectivity index (χ2v) is 6.29. The zero-order chi connectivity index (χ0) is 13.1. The molecule has 0 saturated heterocycles.